The zero-order valence-electron chi connectivity index (χ0n) is 10.1. The van der Waals surface area contributed by atoms with Crippen LogP contribution in [0.25, 0.3) is 0 Å². The molecule has 0 aliphatic heterocycles. The van der Waals surface area contributed by atoms with Gasteiger partial charge in [0.25, 0.3) is 0 Å². The lowest BCUT2D eigenvalue weighted by atomic mass is 9.65. The minimum atomic E-state index is 0.245. The molecule has 0 aromatic heterocycles. The van der Waals surface area contributed by atoms with Gasteiger partial charge in [-0.15, -0.1) is 0 Å². The summed E-state index contributed by atoms with van der Waals surface area (Å²) >= 11 is 0. The highest BCUT2D eigenvalue weighted by atomic mass is 14.9. The number of rotatable bonds is 5. The van der Waals surface area contributed by atoms with Crippen molar-refractivity contribution in [2.75, 3.05) is 7.05 Å². The fraction of sp³-hybridized carbons (Fsp3) is 0.833. The van der Waals surface area contributed by atoms with Gasteiger partial charge in [0.2, 0.25) is 0 Å². The second kappa shape index (κ2) is 4.69. The van der Waals surface area contributed by atoms with Crippen LogP contribution >= 0.6 is 0 Å². The normalized spacial score (nSPS) is 12.3. The Labute approximate surface area is 83.6 Å². The van der Waals surface area contributed by atoms with Gasteiger partial charge in [-0.2, -0.15) is 0 Å². The van der Waals surface area contributed by atoms with Crippen LogP contribution in [0.15, 0.2) is 12.3 Å². The Hall–Kier alpha value is -0.460. The highest BCUT2D eigenvalue weighted by Gasteiger charge is 2.37. The van der Waals surface area contributed by atoms with E-state index in [1.165, 1.54) is 5.70 Å². The molecule has 0 saturated carbocycles. The summed E-state index contributed by atoms with van der Waals surface area (Å²) in [6.07, 6.45) is 1.15. The van der Waals surface area contributed by atoms with Crippen LogP contribution in [0.5, 0.6) is 0 Å². The van der Waals surface area contributed by atoms with Crippen LogP contribution in [-0.4, -0.2) is 7.05 Å². The van der Waals surface area contributed by atoms with Gasteiger partial charge >= 0.3 is 0 Å². The molecular weight excluding hydrogens is 158 g/mol. The molecule has 1 heteroatoms. The van der Waals surface area contributed by atoms with E-state index in [0.717, 1.165) is 6.42 Å². The van der Waals surface area contributed by atoms with Crippen molar-refractivity contribution in [1.29, 1.82) is 0 Å². The van der Waals surface area contributed by atoms with Gasteiger partial charge in [-0.25, -0.2) is 0 Å². The van der Waals surface area contributed by atoms with Gasteiger partial charge in [0.1, 0.15) is 0 Å². The molecule has 0 aliphatic rings. The molecule has 13 heavy (non-hydrogen) atoms. The molecule has 0 bridgehead atoms. The molecule has 1 N–H and O–H groups in total. The highest BCUT2D eigenvalue weighted by Crippen LogP contribution is 2.43. The third-order valence-electron chi connectivity index (χ3n) is 3.51. The summed E-state index contributed by atoms with van der Waals surface area (Å²) in [5, 5.41) is 3.22. The van der Waals surface area contributed by atoms with E-state index in [9.17, 15) is 0 Å². The largest absolute Gasteiger partial charge is 0.391 e. The molecule has 0 aromatic carbocycles. The second-order valence-corrected chi connectivity index (χ2v) is 4.43. The van der Waals surface area contributed by atoms with Crippen LogP contribution in [0.3, 0.4) is 0 Å². The minimum Gasteiger partial charge on any atom is -0.391 e. The Kier molecular flexibility index (Phi) is 4.52. The molecule has 0 unspecified atom stereocenters. The quantitative estimate of drug-likeness (QED) is 0.688. The first-order valence-corrected chi connectivity index (χ1v) is 5.30. The molecule has 0 aliphatic carbocycles. The lowest BCUT2D eigenvalue weighted by molar-refractivity contribution is 0.146. The van der Waals surface area contributed by atoms with Crippen LogP contribution in [0.2, 0.25) is 0 Å². The second-order valence-electron chi connectivity index (χ2n) is 4.43. The molecule has 0 radical (unpaired) electrons. The summed E-state index contributed by atoms with van der Waals surface area (Å²) < 4.78 is 0. The van der Waals surface area contributed by atoms with E-state index in [1.807, 2.05) is 7.05 Å². The molecule has 0 atom stereocenters. The van der Waals surface area contributed by atoms with Crippen LogP contribution in [0.1, 0.15) is 41.0 Å². The van der Waals surface area contributed by atoms with Crippen LogP contribution in [-0.2, 0) is 0 Å². The molecule has 0 saturated heterocycles. The van der Waals surface area contributed by atoms with E-state index >= 15 is 0 Å². The Balaban J connectivity index is 4.98. The summed E-state index contributed by atoms with van der Waals surface area (Å²) in [5.41, 5.74) is 1.43. The maximum absolute atomic E-state index is 4.15. The Morgan fingerprint density at radius 1 is 1.23 bits per heavy atom. The SMILES string of the molecule is C=C(NC)C(CC)(C(C)C)C(C)C. The van der Waals surface area contributed by atoms with Crippen LogP contribution < -0.4 is 5.32 Å². The molecule has 0 amide bonds. The first-order chi connectivity index (χ1) is 5.93. The smallest absolute Gasteiger partial charge is 0.0138 e. The number of allylic oxidation sites excluding steroid dienone is 1. The average molecular weight is 183 g/mol. The van der Waals surface area contributed by atoms with Crippen molar-refractivity contribution in [3.05, 3.63) is 12.3 Å². The van der Waals surface area contributed by atoms with Crippen molar-refractivity contribution >= 4 is 0 Å². The van der Waals surface area contributed by atoms with E-state index in [-0.39, 0.29) is 5.41 Å². The summed E-state index contributed by atoms with van der Waals surface area (Å²) in [4.78, 5) is 0. The van der Waals surface area contributed by atoms with Crippen LogP contribution in [0, 0.1) is 17.3 Å². The first-order valence-electron chi connectivity index (χ1n) is 5.30. The van der Waals surface area contributed by atoms with Crippen molar-refractivity contribution in [3.63, 3.8) is 0 Å². The minimum absolute atomic E-state index is 0.245. The average Bonchev–Trinajstić information content (AvgIpc) is 2.04. The van der Waals surface area contributed by atoms with Gasteiger partial charge in [-0.05, 0) is 18.3 Å². The maximum Gasteiger partial charge on any atom is 0.0138 e. The highest BCUT2D eigenvalue weighted by molar-refractivity contribution is 5.10. The zero-order valence-corrected chi connectivity index (χ0v) is 10.1. The lowest BCUT2D eigenvalue weighted by Crippen LogP contribution is -2.38. The summed E-state index contributed by atoms with van der Waals surface area (Å²) in [7, 11) is 1.97. The van der Waals surface area contributed by atoms with Crippen molar-refractivity contribution < 1.29 is 0 Å². The topological polar surface area (TPSA) is 12.0 Å². The monoisotopic (exact) mass is 183 g/mol. The Morgan fingerprint density at radius 3 is 1.69 bits per heavy atom. The first kappa shape index (κ1) is 12.5. The van der Waals surface area contributed by atoms with Gasteiger partial charge in [0, 0.05) is 18.2 Å². The van der Waals surface area contributed by atoms with E-state index in [1.54, 1.807) is 0 Å². The van der Waals surface area contributed by atoms with E-state index in [2.05, 4.69) is 46.5 Å². The Bertz CT molecular complexity index is 160. The van der Waals surface area contributed by atoms with Crippen molar-refractivity contribution in [2.45, 2.75) is 41.0 Å². The van der Waals surface area contributed by atoms with Gasteiger partial charge < -0.3 is 5.32 Å². The molecule has 0 aromatic rings. The van der Waals surface area contributed by atoms with Crippen molar-refractivity contribution in [2.24, 2.45) is 17.3 Å². The third-order valence-corrected chi connectivity index (χ3v) is 3.51. The number of nitrogens with one attached hydrogen (secondary N) is 1. The van der Waals surface area contributed by atoms with Gasteiger partial charge in [-0.1, -0.05) is 41.2 Å². The summed E-state index contributed by atoms with van der Waals surface area (Å²) in [5.74, 6) is 1.27. The summed E-state index contributed by atoms with van der Waals surface area (Å²) in [6.45, 7) is 15.5. The van der Waals surface area contributed by atoms with E-state index in [4.69, 9.17) is 0 Å². The molecule has 0 heterocycles. The Morgan fingerprint density at radius 2 is 1.62 bits per heavy atom. The maximum atomic E-state index is 4.15. The molecule has 1 nitrogen and oxygen atoms in total. The van der Waals surface area contributed by atoms with E-state index in [0.29, 0.717) is 11.8 Å². The van der Waals surface area contributed by atoms with Crippen molar-refractivity contribution in [1.82, 2.24) is 5.32 Å². The van der Waals surface area contributed by atoms with Gasteiger partial charge in [-0.3, -0.25) is 0 Å². The predicted octanol–water partition coefficient (Wildman–Crippen LogP) is 3.43. The van der Waals surface area contributed by atoms with Gasteiger partial charge in [0.15, 0.2) is 0 Å². The van der Waals surface area contributed by atoms with Gasteiger partial charge in [0.05, 0.1) is 0 Å². The fourth-order valence-electron chi connectivity index (χ4n) is 2.63. The molecular formula is C12H25N. The van der Waals surface area contributed by atoms with E-state index < -0.39 is 0 Å². The number of hydrogen-bond acceptors (Lipinski definition) is 1. The lowest BCUT2D eigenvalue weighted by Gasteiger charge is -2.42. The summed E-state index contributed by atoms with van der Waals surface area (Å²) in [6, 6.07) is 0. The predicted molar refractivity (Wildman–Crippen MR) is 60.6 cm³/mol. The fourth-order valence-corrected chi connectivity index (χ4v) is 2.63. The molecule has 0 rings (SSSR count). The van der Waals surface area contributed by atoms with Crippen molar-refractivity contribution in [3.8, 4) is 0 Å². The zero-order chi connectivity index (χ0) is 10.6. The molecule has 78 valence electrons. The standard InChI is InChI=1S/C12H25N/c1-8-12(9(2)3,10(4)5)11(6)13-7/h9-10,13H,6,8H2,1-5,7H3. The van der Waals surface area contributed by atoms with Crippen LogP contribution in [0.4, 0.5) is 0 Å². The molecule has 0 fully saturated rings. The third kappa shape index (κ3) is 2.07. The molecule has 0 spiro atoms. The number of hydrogen-bond donors (Lipinski definition) is 1.